The van der Waals surface area contributed by atoms with Gasteiger partial charge in [0.2, 0.25) is 15.9 Å². The van der Waals surface area contributed by atoms with Crippen molar-refractivity contribution in [1.82, 2.24) is 9.62 Å². The van der Waals surface area contributed by atoms with E-state index in [2.05, 4.69) is 10.6 Å². The number of aromatic hydroxyl groups is 1. The standard InChI is InChI=1S/C24H31N3O6S/c1-4-33-18-9-7-17(8-10-18)23(29)26-22(16(2)3)24(30)25-20-15-19(11-12-21(20)28)34(31,32)27-13-5-6-14-27/h7-12,15-16,22,28H,4-6,13-14H2,1-3H3,(H,25,30)(H,26,29)/t22-/m0/s1. The Balaban J connectivity index is 1.76. The molecule has 3 N–H and O–H groups in total. The molecule has 0 radical (unpaired) electrons. The fraction of sp³-hybridized carbons (Fsp3) is 0.417. The topological polar surface area (TPSA) is 125 Å². The number of anilines is 1. The minimum Gasteiger partial charge on any atom is -0.506 e. The van der Waals surface area contributed by atoms with Crippen LogP contribution in [0.5, 0.6) is 11.5 Å². The lowest BCUT2D eigenvalue weighted by Crippen LogP contribution is -2.47. The number of amides is 2. The lowest BCUT2D eigenvalue weighted by atomic mass is 10.0. The van der Waals surface area contributed by atoms with Crippen molar-refractivity contribution in [2.75, 3.05) is 25.0 Å². The number of nitrogens with zero attached hydrogens (tertiary/aromatic N) is 1. The molecule has 0 spiro atoms. The normalized spacial score (nSPS) is 15.2. The van der Waals surface area contributed by atoms with Gasteiger partial charge in [-0.15, -0.1) is 0 Å². The van der Waals surface area contributed by atoms with Gasteiger partial charge in [0, 0.05) is 18.7 Å². The molecule has 0 bridgehead atoms. The molecule has 1 saturated heterocycles. The van der Waals surface area contributed by atoms with Crippen molar-refractivity contribution >= 4 is 27.5 Å². The molecule has 10 heteroatoms. The van der Waals surface area contributed by atoms with Crippen molar-refractivity contribution in [1.29, 1.82) is 0 Å². The zero-order chi connectivity index (χ0) is 24.9. The van der Waals surface area contributed by atoms with Crippen LogP contribution in [0.15, 0.2) is 47.4 Å². The highest BCUT2D eigenvalue weighted by atomic mass is 32.2. The molecule has 1 fully saturated rings. The number of phenolic OH excluding ortho intramolecular Hbond substituents is 1. The SMILES string of the molecule is CCOc1ccc(C(=O)N[C@H](C(=O)Nc2cc(S(=O)(=O)N3CCCC3)ccc2O)C(C)C)cc1. The Morgan fingerprint density at radius 3 is 2.32 bits per heavy atom. The molecule has 0 saturated carbocycles. The average molecular weight is 490 g/mol. The van der Waals surface area contributed by atoms with Gasteiger partial charge in [0.1, 0.15) is 17.5 Å². The molecule has 9 nitrogen and oxygen atoms in total. The number of hydrogen-bond acceptors (Lipinski definition) is 6. The van der Waals surface area contributed by atoms with E-state index in [-0.39, 0.29) is 22.3 Å². The predicted molar refractivity (Wildman–Crippen MR) is 128 cm³/mol. The van der Waals surface area contributed by atoms with E-state index in [4.69, 9.17) is 4.74 Å². The fourth-order valence-electron chi connectivity index (χ4n) is 3.69. The van der Waals surface area contributed by atoms with Gasteiger partial charge in [-0.3, -0.25) is 9.59 Å². The van der Waals surface area contributed by atoms with Crippen LogP contribution in [0, 0.1) is 5.92 Å². The first-order valence-electron chi connectivity index (χ1n) is 11.3. The van der Waals surface area contributed by atoms with Crippen molar-refractivity contribution in [3.63, 3.8) is 0 Å². The molecule has 2 amide bonds. The third kappa shape index (κ3) is 5.87. The van der Waals surface area contributed by atoms with Crippen molar-refractivity contribution in [3.8, 4) is 11.5 Å². The van der Waals surface area contributed by atoms with Gasteiger partial charge in [0.15, 0.2) is 0 Å². The quantitative estimate of drug-likeness (QED) is 0.465. The fourth-order valence-corrected chi connectivity index (χ4v) is 5.24. The van der Waals surface area contributed by atoms with Crippen molar-refractivity contribution < 1.29 is 27.9 Å². The highest BCUT2D eigenvalue weighted by Crippen LogP contribution is 2.29. The van der Waals surface area contributed by atoms with E-state index < -0.39 is 27.9 Å². The molecule has 1 aliphatic rings. The third-order valence-electron chi connectivity index (χ3n) is 5.59. The molecule has 1 atom stereocenters. The van der Waals surface area contributed by atoms with Gasteiger partial charge >= 0.3 is 0 Å². The van der Waals surface area contributed by atoms with Crippen LogP contribution in [0.2, 0.25) is 0 Å². The summed E-state index contributed by atoms with van der Waals surface area (Å²) in [6.07, 6.45) is 1.59. The molecule has 1 aliphatic heterocycles. The van der Waals surface area contributed by atoms with Crippen LogP contribution >= 0.6 is 0 Å². The van der Waals surface area contributed by atoms with E-state index in [0.717, 1.165) is 12.8 Å². The number of benzene rings is 2. The molecule has 2 aromatic carbocycles. The first kappa shape index (κ1) is 25.5. The number of nitrogens with one attached hydrogen (secondary N) is 2. The first-order valence-corrected chi connectivity index (χ1v) is 12.7. The third-order valence-corrected chi connectivity index (χ3v) is 7.49. The minimum absolute atomic E-state index is 0.0120. The Kier molecular flexibility index (Phi) is 8.16. The summed E-state index contributed by atoms with van der Waals surface area (Å²) in [6, 6.07) is 9.43. The molecule has 2 aromatic rings. The summed E-state index contributed by atoms with van der Waals surface area (Å²) in [5, 5.41) is 15.5. The van der Waals surface area contributed by atoms with E-state index in [1.807, 2.05) is 6.92 Å². The lowest BCUT2D eigenvalue weighted by Gasteiger charge is -2.22. The summed E-state index contributed by atoms with van der Waals surface area (Å²) in [4.78, 5) is 25.7. The van der Waals surface area contributed by atoms with Gasteiger partial charge in [0.05, 0.1) is 17.2 Å². The number of rotatable bonds is 9. The molecule has 184 valence electrons. The maximum absolute atomic E-state index is 13.0. The molecule has 3 rings (SSSR count). The maximum atomic E-state index is 13.0. The summed E-state index contributed by atoms with van der Waals surface area (Å²) in [7, 11) is -3.72. The monoisotopic (exact) mass is 489 g/mol. The Hall–Kier alpha value is -3.11. The molecule has 0 aliphatic carbocycles. The molecule has 0 aromatic heterocycles. The second-order valence-corrected chi connectivity index (χ2v) is 10.4. The van der Waals surface area contributed by atoms with Crippen molar-refractivity contribution in [2.24, 2.45) is 5.92 Å². The summed E-state index contributed by atoms with van der Waals surface area (Å²) >= 11 is 0. The largest absolute Gasteiger partial charge is 0.506 e. The molecule has 0 unspecified atom stereocenters. The number of carbonyl (C=O) groups is 2. The number of sulfonamides is 1. The second kappa shape index (κ2) is 10.9. The predicted octanol–water partition coefficient (Wildman–Crippen LogP) is 2.97. The van der Waals surface area contributed by atoms with Crippen LogP contribution in [-0.4, -0.2) is 55.4 Å². The van der Waals surface area contributed by atoms with E-state index in [1.54, 1.807) is 38.1 Å². The first-order chi connectivity index (χ1) is 16.1. The Morgan fingerprint density at radius 2 is 1.74 bits per heavy atom. The van der Waals surface area contributed by atoms with Crippen molar-refractivity contribution in [2.45, 2.75) is 44.6 Å². The Labute approximate surface area is 200 Å². The second-order valence-electron chi connectivity index (χ2n) is 8.43. The number of hydrogen-bond donors (Lipinski definition) is 3. The smallest absolute Gasteiger partial charge is 0.251 e. The average Bonchev–Trinajstić information content (AvgIpc) is 3.35. The van der Waals surface area contributed by atoms with Gasteiger partial charge in [-0.1, -0.05) is 13.8 Å². The maximum Gasteiger partial charge on any atom is 0.251 e. The molecular weight excluding hydrogens is 458 g/mol. The summed E-state index contributed by atoms with van der Waals surface area (Å²) in [6.45, 7) is 6.81. The summed E-state index contributed by atoms with van der Waals surface area (Å²) < 4.78 is 32.5. The molecular formula is C24H31N3O6S. The van der Waals surface area contributed by atoms with E-state index >= 15 is 0 Å². The summed E-state index contributed by atoms with van der Waals surface area (Å²) in [5.74, 6) is -0.914. The zero-order valence-corrected chi connectivity index (χ0v) is 20.4. The number of carbonyl (C=O) groups excluding carboxylic acids is 2. The molecule has 1 heterocycles. The highest BCUT2D eigenvalue weighted by molar-refractivity contribution is 7.89. The van der Waals surface area contributed by atoms with E-state index in [1.165, 1.54) is 22.5 Å². The number of phenols is 1. The Bertz CT molecular complexity index is 1130. The van der Waals surface area contributed by atoms with Crippen LogP contribution in [-0.2, 0) is 14.8 Å². The van der Waals surface area contributed by atoms with Crippen LogP contribution in [0.4, 0.5) is 5.69 Å². The van der Waals surface area contributed by atoms with Gasteiger partial charge in [0.25, 0.3) is 5.91 Å². The van der Waals surface area contributed by atoms with E-state index in [0.29, 0.717) is 31.0 Å². The minimum atomic E-state index is -3.72. The van der Waals surface area contributed by atoms with Gasteiger partial charge < -0.3 is 20.5 Å². The number of ether oxygens (including phenoxy) is 1. The Morgan fingerprint density at radius 1 is 1.09 bits per heavy atom. The van der Waals surface area contributed by atoms with Crippen LogP contribution in [0.3, 0.4) is 0 Å². The van der Waals surface area contributed by atoms with Gasteiger partial charge in [-0.2, -0.15) is 4.31 Å². The van der Waals surface area contributed by atoms with Gasteiger partial charge in [-0.25, -0.2) is 8.42 Å². The summed E-state index contributed by atoms with van der Waals surface area (Å²) in [5.41, 5.74) is 0.328. The van der Waals surface area contributed by atoms with Crippen molar-refractivity contribution in [3.05, 3.63) is 48.0 Å². The van der Waals surface area contributed by atoms with Gasteiger partial charge in [-0.05, 0) is 68.1 Å². The van der Waals surface area contributed by atoms with Crippen LogP contribution in [0.1, 0.15) is 44.0 Å². The van der Waals surface area contributed by atoms with Crippen LogP contribution in [0.25, 0.3) is 0 Å². The zero-order valence-electron chi connectivity index (χ0n) is 19.6. The molecule has 34 heavy (non-hydrogen) atoms. The highest BCUT2D eigenvalue weighted by Gasteiger charge is 2.29. The van der Waals surface area contributed by atoms with E-state index in [9.17, 15) is 23.1 Å². The lowest BCUT2D eigenvalue weighted by molar-refractivity contribution is -0.118. The van der Waals surface area contributed by atoms with Crippen LogP contribution < -0.4 is 15.4 Å².